The van der Waals surface area contributed by atoms with Crippen LogP contribution in [-0.2, 0) is 12.0 Å². The maximum Gasteiger partial charge on any atom is 0.212 e. The van der Waals surface area contributed by atoms with Gasteiger partial charge in [-0.25, -0.2) is 9.97 Å². The number of nitrogens with two attached hydrogens (primary N) is 1. The first-order chi connectivity index (χ1) is 9.38. The quantitative estimate of drug-likeness (QED) is 0.934. The molecule has 0 aliphatic carbocycles. The number of imidazole rings is 1. The highest BCUT2D eigenvalue weighted by atomic mass is 16.5. The van der Waals surface area contributed by atoms with Gasteiger partial charge < -0.3 is 15.0 Å². The van der Waals surface area contributed by atoms with Crippen LogP contribution in [-0.4, -0.2) is 21.6 Å². The summed E-state index contributed by atoms with van der Waals surface area (Å²) in [5, 5.41) is 0. The van der Waals surface area contributed by atoms with E-state index in [2.05, 4.69) is 42.2 Å². The minimum Gasteiger partial charge on any atom is -0.481 e. The predicted molar refractivity (Wildman–Crippen MR) is 80.8 cm³/mol. The lowest BCUT2D eigenvalue weighted by Gasteiger charge is -2.24. The smallest absolute Gasteiger partial charge is 0.212 e. The Bertz CT molecular complexity index is 594. The summed E-state index contributed by atoms with van der Waals surface area (Å²) in [4.78, 5) is 8.89. The molecule has 0 aliphatic rings. The number of hydrogen-bond acceptors (Lipinski definition) is 4. The second-order valence-corrected chi connectivity index (χ2v) is 5.71. The molecular formula is C15H22N4O. The number of methoxy groups -OCH3 is 1. The Morgan fingerprint density at radius 3 is 2.40 bits per heavy atom. The molecule has 0 saturated heterocycles. The van der Waals surface area contributed by atoms with E-state index in [0.717, 1.165) is 23.5 Å². The SMILES string of the molecule is CCc1nc(-c2ccc(OC)nc2)c(N)n1C(C)(C)C. The average molecular weight is 274 g/mol. The summed E-state index contributed by atoms with van der Waals surface area (Å²) in [5.41, 5.74) is 7.90. The molecule has 2 heterocycles. The molecule has 0 bridgehead atoms. The van der Waals surface area contributed by atoms with Crippen molar-refractivity contribution in [2.24, 2.45) is 0 Å². The summed E-state index contributed by atoms with van der Waals surface area (Å²) < 4.78 is 7.16. The van der Waals surface area contributed by atoms with Gasteiger partial charge in [0.05, 0.1) is 7.11 Å². The third-order valence-corrected chi connectivity index (χ3v) is 3.19. The van der Waals surface area contributed by atoms with Gasteiger partial charge in [0.1, 0.15) is 17.3 Å². The molecule has 2 rings (SSSR count). The van der Waals surface area contributed by atoms with Crippen molar-refractivity contribution in [3.63, 3.8) is 0 Å². The number of pyridine rings is 1. The van der Waals surface area contributed by atoms with E-state index in [9.17, 15) is 0 Å². The van der Waals surface area contributed by atoms with Crippen molar-refractivity contribution in [3.8, 4) is 17.1 Å². The molecule has 0 atom stereocenters. The van der Waals surface area contributed by atoms with Gasteiger partial charge in [0.25, 0.3) is 0 Å². The fraction of sp³-hybridized carbons (Fsp3) is 0.467. The van der Waals surface area contributed by atoms with Crippen molar-refractivity contribution in [2.45, 2.75) is 39.7 Å². The largest absolute Gasteiger partial charge is 0.481 e. The van der Waals surface area contributed by atoms with Crippen LogP contribution in [0.5, 0.6) is 5.88 Å². The molecule has 2 aromatic rings. The molecule has 0 aromatic carbocycles. The number of aryl methyl sites for hydroxylation is 1. The van der Waals surface area contributed by atoms with Gasteiger partial charge in [-0.15, -0.1) is 0 Å². The van der Waals surface area contributed by atoms with E-state index >= 15 is 0 Å². The molecular weight excluding hydrogens is 252 g/mol. The molecule has 0 radical (unpaired) electrons. The Kier molecular flexibility index (Phi) is 3.70. The molecule has 0 spiro atoms. The van der Waals surface area contributed by atoms with E-state index in [1.165, 1.54) is 0 Å². The van der Waals surface area contributed by atoms with Gasteiger partial charge in [-0.2, -0.15) is 0 Å². The number of ether oxygens (including phenoxy) is 1. The first kappa shape index (κ1) is 14.4. The van der Waals surface area contributed by atoms with Crippen LogP contribution in [0.2, 0.25) is 0 Å². The first-order valence-corrected chi connectivity index (χ1v) is 6.76. The van der Waals surface area contributed by atoms with E-state index in [1.54, 1.807) is 13.3 Å². The van der Waals surface area contributed by atoms with Gasteiger partial charge in [-0.1, -0.05) is 6.92 Å². The van der Waals surface area contributed by atoms with Crippen molar-refractivity contribution < 1.29 is 4.74 Å². The first-order valence-electron chi connectivity index (χ1n) is 6.76. The molecule has 2 aromatic heterocycles. The zero-order valence-corrected chi connectivity index (χ0v) is 12.8. The topological polar surface area (TPSA) is 66.0 Å². The number of anilines is 1. The maximum absolute atomic E-state index is 6.31. The third-order valence-electron chi connectivity index (χ3n) is 3.19. The molecule has 5 nitrogen and oxygen atoms in total. The van der Waals surface area contributed by atoms with Gasteiger partial charge in [-0.3, -0.25) is 0 Å². The second-order valence-electron chi connectivity index (χ2n) is 5.71. The van der Waals surface area contributed by atoms with Gasteiger partial charge in [0.2, 0.25) is 5.88 Å². The number of hydrogen-bond donors (Lipinski definition) is 1. The molecule has 0 aliphatic heterocycles. The highest BCUT2D eigenvalue weighted by molar-refractivity contribution is 5.70. The minimum atomic E-state index is -0.0967. The number of rotatable bonds is 3. The van der Waals surface area contributed by atoms with E-state index in [-0.39, 0.29) is 5.54 Å². The Labute approximate surface area is 119 Å². The minimum absolute atomic E-state index is 0.0967. The molecule has 108 valence electrons. The molecule has 2 N–H and O–H groups in total. The van der Waals surface area contributed by atoms with Crippen molar-refractivity contribution in [3.05, 3.63) is 24.2 Å². The second kappa shape index (κ2) is 5.15. The van der Waals surface area contributed by atoms with Crippen LogP contribution in [0.1, 0.15) is 33.5 Å². The normalized spacial score (nSPS) is 11.7. The van der Waals surface area contributed by atoms with Gasteiger partial charge >= 0.3 is 0 Å². The number of nitrogens with zero attached hydrogens (tertiary/aromatic N) is 3. The fourth-order valence-electron chi connectivity index (χ4n) is 2.32. The van der Waals surface area contributed by atoms with Crippen molar-refractivity contribution in [2.75, 3.05) is 12.8 Å². The summed E-state index contributed by atoms with van der Waals surface area (Å²) in [6.45, 7) is 8.46. The monoisotopic (exact) mass is 274 g/mol. The van der Waals surface area contributed by atoms with Crippen LogP contribution < -0.4 is 10.5 Å². The van der Waals surface area contributed by atoms with Crippen LogP contribution in [0.3, 0.4) is 0 Å². The third kappa shape index (κ3) is 2.48. The van der Waals surface area contributed by atoms with Crippen LogP contribution in [0.4, 0.5) is 5.82 Å². The maximum atomic E-state index is 6.31. The van der Waals surface area contributed by atoms with Crippen molar-refractivity contribution in [1.29, 1.82) is 0 Å². The standard InChI is InChI=1S/C15H22N4O/c1-6-11-18-13(14(16)19(11)15(2,3)4)10-7-8-12(20-5)17-9-10/h7-9H,6,16H2,1-5H3. The lowest BCUT2D eigenvalue weighted by Crippen LogP contribution is -2.25. The lowest BCUT2D eigenvalue weighted by atomic mass is 10.1. The van der Waals surface area contributed by atoms with Crippen LogP contribution in [0.25, 0.3) is 11.3 Å². The summed E-state index contributed by atoms with van der Waals surface area (Å²) in [6, 6.07) is 3.74. The summed E-state index contributed by atoms with van der Waals surface area (Å²) in [6.07, 6.45) is 2.58. The van der Waals surface area contributed by atoms with E-state index in [0.29, 0.717) is 11.7 Å². The Morgan fingerprint density at radius 2 is 2.00 bits per heavy atom. The summed E-state index contributed by atoms with van der Waals surface area (Å²) in [5.74, 6) is 2.25. The molecule has 0 unspecified atom stereocenters. The molecule has 0 saturated carbocycles. The van der Waals surface area contributed by atoms with Crippen molar-refractivity contribution >= 4 is 5.82 Å². The Hall–Kier alpha value is -2.04. The van der Waals surface area contributed by atoms with Crippen LogP contribution in [0.15, 0.2) is 18.3 Å². The Morgan fingerprint density at radius 1 is 1.30 bits per heavy atom. The highest BCUT2D eigenvalue weighted by Gasteiger charge is 2.23. The van der Waals surface area contributed by atoms with Gasteiger partial charge in [0, 0.05) is 29.8 Å². The fourth-order valence-corrected chi connectivity index (χ4v) is 2.32. The van der Waals surface area contributed by atoms with E-state index < -0.39 is 0 Å². The zero-order valence-electron chi connectivity index (χ0n) is 12.8. The molecule has 0 fully saturated rings. The molecule has 0 amide bonds. The van der Waals surface area contributed by atoms with Gasteiger partial charge in [-0.05, 0) is 26.8 Å². The zero-order chi connectivity index (χ0) is 14.9. The number of aromatic nitrogens is 3. The summed E-state index contributed by atoms with van der Waals surface area (Å²) in [7, 11) is 1.60. The Balaban J connectivity index is 2.54. The van der Waals surface area contributed by atoms with Gasteiger partial charge in [0.15, 0.2) is 0 Å². The number of nitrogen functional groups attached to an aromatic ring is 1. The van der Waals surface area contributed by atoms with E-state index in [1.807, 2.05) is 12.1 Å². The molecule has 20 heavy (non-hydrogen) atoms. The molecule has 5 heteroatoms. The predicted octanol–water partition coefficient (Wildman–Crippen LogP) is 2.85. The lowest BCUT2D eigenvalue weighted by molar-refractivity contribution is 0.389. The van der Waals surface area contributed by atoms with Crippen LogP contribution >= 0.6 is 0 Å². The van der Waals surface area contributed by atoms with E-state index in [4.69, 9.17) is 10.5 Å². The van der Waals surface area contributed by atoms with Crippen LogP contribution in [0, 0.1) is 0 Å². The average Bonchev–Trinajstić information content (AvgIpc) is 2.75. The van der Waals surface area contributed by atoms with Crippen molar-refractivity contribution in [1.82, 2.24) is 14.5 Å². The highest BCUT2D eigenvalue weighted by Crippen LogP contribution is 2.31. The summed E-state index contributed by atoms with van der Waals surface area (Å²) >= 11 is 0.